The predicted molar refractivity (Wildman–Crippen MR) is 132 cm³/mol. The topological polar surface area (TPSA) is 51.4 Å². The molecule has 3 aromatic carbocycles. The number of nitrogens with zero attached hydrogens (tertiary/aromatic N) is 2. The van der Waals surface area contributed by atoms with Crippen molar-refractivity contribution < 1.29 is 4.74 Å². The van der Waals surface area contributed by atoms with E-state index in [1.54, 1.807) is 11.3 Å². The lowest BCUT2D eigenvalue weighted by Gasteiger charge is -2.31. The molecule has 0 amide bonds. The minimum absolute atomic E-state index is 0.171. The van der Waals surface area contributed by atoms with Gasteiger partial charge in [0.1, 0.15) is 11.1 Å². The number of hydrogen-bond donors (Lipinski definition) is 1. The molecule has 2 unspecified atom stereocenters. The Hall–Kier alpha value is -2.57. The van der Waals surface area contributed by atoms with Crippen LogP contribution in [0.3, 0.4) is 0 Å². The van der Waals surface area contributed by atoms with Crippen molar-refractivity contribution >= 4 is 21.6 Å². The van der Waals surface area contributed by atoms with Crippen LogP contribution < -0.4 is 5.73 Å². The predicted octanol–water partition coefficient (Wildman–Crippen LogP) is 5.54. The maximum absolute atomic E-state index is 6.76. The first kappa shape index (κ1) is 21.3. The van der Waals surface area contributed by atoms with Crippen molar-refractivity contribution in [3.8, 4) is 0 Å². The van der Waals surface area contributed by atoms with Crippen LogP contribution in [0.4, 0.5) is 0 Å². The first-order chi connectivity index (χ1) is 15.7. The van der Waals surface area contributed by atoms with Crippen LogP contribution in [0.2, 0.25) is 0 Å². The molecule has 5 heteroatoms. The number of ether oxygens (including phenoxy) is 1. The average molecular weight is 444 g/mol. The summed E-state index contributed by atoms with van der Waals surface area (Å²) in [4.78, 5) is 7.32. The quantitative estimate of drug-likeness (QED) is 0.425. The average Bonchev–Trinajstić information content (AvgIpc) is 3.28. The summed E-state index contributed by atoms with van der Waals surface area (Å²) in [6.07, 6.45) is 2.13. The Balaban J connectivity index is 1.49. The van der Waals surface area contributed by atoms with Crippen LogP contribution in [0, 0.1) is 0 Å². The van der Waals surface area contributed by atoms with Gasteiger partial charge in [0.05, 0.1) is 22.4 Å². The summed E-state index contributed by atoms with van der Waals surface area (Å²) < 4.78 is 7.95. The Morgan fingerprint density at radius 3 is 2.38 bits per heavy atom. The van der Waals surface area contributed by atoms with Gasteiger partial charge in [-0.2, -0.15) is 0 Å². The van der Waals surface area contributed by atoms with Crippen molar-refractivity contribution in [2.45, 2.75) is 31.1 Å². The van der Waals surface area contributed by atoms with Crippen LogP contribution in [0.1, 0.15) is 46.7 Å². The third-order valence-corrected chi connectivity index (χ3v) is 7.34. The largest absolute Gasteiger partial charge is 0.363 e. The lowest BCUT2D eigenvalue weighted by atomic mass is 9.96. The summed E-state index contributed by atoms with van der Waals surface area (Å²) >= 11 is 1.72. The van der Waals surface area contributed by atoms with Crippen molar-refractivity contribution in [1.29, 1.82) is 0 Å². The molecule has 0 radical (unpaired) electrons. The zero-order chi connectivity index (χ0) is 21.9. The van der Waals surface area contributed by atoms with Gasteiger partial charge in [-0.1, -0.05) is 66.7 Å². The molecule has 0 saturated carbocycles. The van der Waals surface area contributed by atoms with Gasteiger partial charge >= 0.3 is 0 Å². The molecular formula is C27H29N3OS. The molecule has 32 heavy (non-hydrogen) atoms. The lowest BCUT2D eigenvalue weighted by molar-refractivity contribution is -0.0234. The van der Waals surface area contributed by atoms with Gasteiger partial charge in [0.2, 0.25) is 0 Å². The molecular weight excluding hydrogens is 414 g/mol. The van der Waals surface area contributed by atoms with Crippen molar-refractivity contribution in [3.63, 3.8) is 0 Å². The van der Waals surface area contributed by atoms with E-state index < -0.39 is 0 Å². The smallest absolute Gasteiger partial charge is 0.134 e. The summed E-state index contributed by atoms with van der Waals surface area (Å²) in [5, 5.41) is 1.01. The minimum Gasteiger partial charge on any atom is -0.363 e. The van der Waals surface area contributed by atoms with E-state index in [-0.39, 0.29) is 18.2 Å². The standard InChI is InChI=1S/C27H29N3OS/c1-30-16-14-22(15-17-30)31-26(27-29-23-12-5-6-13-24(23)32-27)21-11-7-10-20(18-21)25(28)19-8-3-2-4-9-19/h2-13,18,22,25-26H,14-17,28H2,1H3. The molecule has 0 bridgehead atoms. The highest BCUT2D eigenvalue weighted by atomic mass is 32.1. The molecule has 1 aliphatic rings. The maximum atomic E-state index is 6.76. The van der Waals surface area contributed by atoms with Crippen molar-refractivity contribution in [3.05, 3.63) is 101 Å². The Bertz CT molecular complexity index is 1130. The maximum Gasteiger partial charge on any atom is 0.134 e. The second-order valence-electron chi connectivity index (χ2n) is 8.60. The number of thiazole rings is 1. The molecule has 1 aromatic heterocycles. The SMILES string of the molecule is CN1CCC(OC(c2cccc(C(N)c3ccccc3)c2)c2nc3ccccc3s2)CC1. The molecule has 1 aliphatic heterocycles. The number of rotatable bonds is 6. The number of nitrogens with two attached hydrogens (primary N) is 1. The number of piperidine rings is 1. The van der Waals surface area contributed by atoms with Gasteiger partial charge in [-0.15, -0.1) is 11.3 Å². The molecule has 4 nitrogen and oxygen atoms in total. The molecule has 1 saturated heterocycles. The molecule has 4 aromatic rings. The number of likely N-dealkylation sites (tertiary alicyclic amines) is 1. The van der Waals surface area contributed by atoms with E-state index in [4.69, 9.17) is 15.5 Å². The normalized spacial score (nSPS) is 17.4. The summed E-state index contributed by atoms with van der Waals surface area (Å²) in [6.45, 7) is 2.13. The van der Waals surface area contributed by atoms with E-state index in [0.29, 0.717) is 0 Å². The van der Waals surface area contributed by atoms with E-state index >= 15 is 0 Å². The second kappa shape index (κ2) is 9.51. The van der Waals surface area contributed by atoms with E-state index in [1.807, 2.05) is 24.3 Å². The molecule has 2 N–H and O–H groups in total. The van der Waals surface area contributed by atoms with E-state index in [9.17, 15) is 0 Å². The fourth-order valence-electron chi connectivity index (χ4n) is 4.36. The van der Waals surface area contributed by atoms with Gasteiger partial charge in [0.15, 0.2) is 0 Å². The molecule has 2 atom stereocenters. The van der Waals surface area contributed by atoms with Gasteiger partial charge in [0.25, 0.3) is 0 Å². The highest BCUT2D eigenvalue weighted by Crippen LogP contribution is 2.36. The molecule has 5 rings (SSSR count). The lowest BCUT2D eigenvalue weighted by Crippen LogP contribution is -2.35. The third-order valence-electron chi connectivity index (χ3n) is 6.26. The van der Waals surface area contributed by atoms with Gasteiger partial charge in [-0.05, 0) is 48.7 Å². The third kappa shape index (κ3) is 4.62. The monoisotopic (exact) mass is 443 g/mol. The number of para-hydroxylation sites is 1. The summed E-state index contributed by atoms with van der Waals surface area (Å²) in [7, 11) is 2.18. The van der Waals surface area contributed by atoms with Crippen molar-refractivity contribution in [2.24, 2.45) is 5.73 Å². The fourth-order valence-corrected chi connectivity index (χ4v) is 5.40. The van der Waals surface area contributed by atoms with Crippen LogP contribution in [0.25, 0.3) is 10.2 Å². The van der Waals surface area contributed by atoms with Gasteiger partial charge in [-0.25, -0.2) is 4.98 Å². The number of aromatic nitrogens is 1. The van der Waals surface area contributed by atoms with Crippen LogP contribution in [-0.4, -0.2) is 36.1 Å². The number of fused-ring (bicyclic) bond motifs is 1. The molecule has 0 spiro atoms. The molecule has 1 fully saturated rings. The summed E-state index contributed by atoms with van der Waals surface area (Å²) in [6, 6.07) is 26.9. The van der Waals surface area contributed by atoms with E-state index in [1.165, 1.54) is 4.70 Å². The Kier molecular flexibility index (Phi) is 6.32. The van der Waals surface area contributed by atoms with Crippen molar-refractivity contribution in [1.82, 2.24) is 9.88 Å². The zero-order valence-electron chi connectivity index (χ0n) is 18.4. The van der Waals surface area contributed by atoms with E-state index in [2.05, 4.69) is 66.5 Å². The second-order valence-corrected chi connectivity index (χ2v) is 9.66. The highest BCUT2D eigenvalue weighted by Gasteiger charge is 2.26. The van der Waals surface area contributed by atoms with Gasteiger partial charge < -0.3 is 15.4 Å². The van der Waals surface area contributed by atoms with Gasteiger partial charge in [0, 0.05) is 13.1 Å². The van der Waals surface area contributed by atoms with Crippen LogP contribution in [0.5, 0.6) is 0 Å². The van der Waals surface area contributed by atoms with Crippen molar-refractivity contribution in [2.75, 3.05) is 20.1 Å². The summed E-state index contributed by atoms with van der Waals surface area (Å²) in [5.74, 6) is 0. The number of benzene rings is 3. The van der Waals surface area contributed by atoms with Crippen LogP contribution >= 0.6 is 11.3 Å². The van der Waals surface area contributed by atoms with Gasteiger partial charge in [-0.3, -0.25) is 0 Å². The Labute approximate surface area is 193 Å². The van der Waals surface area contributed by atoms with Crippen LogP contribution in [0.15, 0.2) is 78.9 Å². The Morgan fingerprint density at radius 1 is 0.906 bits per heavy atom. The Morgan fingerprint density at radius 2 is 1.59 bits per heavy atom. The zero-order valence-corrected chi connectivity index (χ0v) is 19.2. The molecule has 0 aliphatic carbocycles. The van der Waals surface area contributed by atoms with E-state index in [0.717, 1.165) is 53.1 Å². The summed E-state index contributed by atoms with van der Waals surface area (Å²) in [5.41, 5.74) is 11.0. The number of hydrogen-bond acceptors (Lipinski definition) is 5. The first-order valence-electron chi connectivity index (χ1n) is 11.3. The van der Waals surface area contributed by atoms with Crippen LogP contribution in [-0.2, 0) is 4.74 Å². The minimum atomic E-state index is -0.191. The highest BCUT2D eigenvalue weighted by molar-refractivity contribution is 7.18. The molecule has 2 heterocycles. The molecule has 164 valence electrons. The first-order valence-corrected chi connectivity index (χ1v) is 12.1. The fraction of sp³-hybridized carbons (Fsp3) is 0.296.